The second-order valence-corrected chi connectivity index (χ2v) is 6.88. The average Bonchev–Trinajstić information content (AvgIpc) is 2.77. The van der Waals surface area contributed by atoms with E-state index in [9.17, 15) is 9.59 Å². The first-order chi connectivity index (χ1) is 15.1. The minimum atomic E-state index is -0.878. The largest absolute Gasteiger partial charge is 0.494 e. The maximum atomic E-state index is 12.4. The van der Waals surface area contributed by atoms with E-state index in [-0.39, 0.29) is 18.2 Å². The van der Waals surface area contributed by atoms with Crippen molar-refractivity contribution in [2.45, 2.75) is 19.4 Å². The van der Waals surface area contributed by atoms with Crippen molar-refractivity contribution in [2.24, 2.45) is 0 Å². The number of rotatable bonds is 7. The Hall–Kier alpha value is -4.00. The molecule has 1 aliphatic rings. The molecule has 0 unspecified atom stereocenters. The van der Waals surface area contributed by atoms with E-state index in [1.54, 1.807) is 42.5 Å². The molecule has 1 atom stereocenters. The molecule has 0 fully saturated rings. The smallest absolute Gasteiger partial charge is 0.266 e. The topological polar surface area (TPSA) is 85.9 Å². The Labute approximate surface area is 179 Å². The van der Waals surface area contributed by atoms with E-state index in [0.29, 0.717) is 35.2 Å². The first kappa shape index (κ1) is 20.3. The minimum absolute atomic E-state index is 0.0927. The van der Waals surface area contributed by atoms with E-state index >= 15 is 0 Å². The summed E-state index contributed by atoms with van der Waals surface area (Å²) < 4.78 is 16.9. The van der Waals surface area contributed by atoms with Crippen LogP contribution >= 0.6 is 0 Å². The predicted molar refractivity (Wildman–Crippen MR) is 117 cm³/mol. The van der Waals surface area contributed by atoms with Gasteiger partial charge in [0.25, 0.3) is 5.91 Å². The summed E-state index contributed by atoms with van der Waals surface area (Å²) in [5.41, 5.74) is 1.20. The molecule has 1 heterocycles. The molecule has 0 aliphatic carbocycles. The van der Waals surface area contributed by atoms with E-state index < -0.39 is 6.10 Å². The molecule has 0 saturated heterocycles. The summed E-state index contributed by atoms with van der Waals surface area (Å²) in [7, 11) is 0. The van der Waals surface area contributed by atoms with Gasteiger partial charge < -0.3 is 24.8 Å². The van der Waals surface area contributed by atoms with Crippen LogP contribution in [0, 0.1) is 0 Å². The molecule has 3 aromatic rings. The zero-order valence-electron chi connectivity index (χ0n) is 17.0. The van der Waals surface area contributed by atoms with Crippen LogP contribution < -0.4 is 24.8 Å². The van der Waals surface area contributed by atoms with Crippen LogP contribution in [0.1, 0.15) is 13.3 Å². The standard InChI is InChI=1S/C24H22N2O5/c1-2-29-17-11-13-19(14-12-17)30-18-9-7-16(8-10-18)25-23(27)15-22-24(28)26-20-5-3-4-6-21(20)31-22/h3-14,22H,2,15H2,1H3,(H,25,27)(H,26,28)/t22-/m1/s1. The Balaban J connectivity index is 1.31. The van der Waals surface area contributed by atoms with Gasteiger partial charge in [-0.1, -0.05) is 12.1 Å². The lowest BCUT2D eigenvalue weighted by Gasteiger charge is -2.25. The number of carbonyl (C=O) groups is 2. The number of anilines is 2. The van der Waals surface area contributed by atoms with Gasteiger partial charge in [-0.3, -0.25) is 9.59 Å². The molecule has 31 heavy (non-hydrogen) atoms. The Kier molecular flexibility index (Phi) is 6.03. The lowest BCUT2D eigenvalue weighted by molar-refractivity contribution is -0.128. The van der Waals surface area contributed by atoms with Gasteiger partial charge in [0.15, 0.2) is 6.10 Å². The molecule has 0 radical (unpaired) electrons. The number of benzene rings is 3. The molecule has 3 aromatic carbocycles. The van der Waals surface area contributed by atoms with E-state index in [0.717, 1.165) is 5.75 Å². The number of para-hydroxylation sites is 2. The quantitative estimate of drug-likeness (QED) is 0.585. The highest BCUT2D eigenvalue weighted by molar-refractivity contribution is 6.01. The lowest BCUT2D eigenvalue weighted by atomic mass is 10.1. The Morgan fingerprint density at radius 1 is 0.968 bits per heavy atom. The Morgan fingerprint density at radius 2 is 1.61 bits per heavy atom. The number of carbonyl (C=O) groups excluding carboxylic acids is 2. The number of ether oxygens (including phenoxy) is 3. The summed E-state index contributed by atoms with van der Waals surface area (Å²) in [6.45, 7) is 2.54. The number of hydrogen-bond donors (Lipinski definition) is 2. The maximum absolute atomic E-state index is 12.4. The number of nitrogens with one attached hydrogen (secondary N) is 2. The second kappa shape index (κ2) is 9.21. The van der Waals surface area contributed by atoms with Gasteiger partial charge in [-0.05, 0) is 67.6 Å². The Bertz CT molecular complexity index is 1060. The lowest BCUT2D eigenvalue weighted by Crippen LogP contribution is -2.39. The molecule has 2 N–H and O–H groups in total. The highest BCUT2D eigenvalue weighted by Gasteiger charge is 2.29. The maximum Gasteiger partial charge on any atom is 0.266 e. The molecule has 4 rings (SSSR count). The molecule has 158 valence electrons. The molecule has 2 amide bonds. The van der Waals surface area contributed by atoms with Crippen molar-refractivity contribution in [3.63, 3.8) is 0 Å². The van der Waals surface area contributed by atoms with Crippen molar-refractivity contribution in [1.82, 2.24) is 0 Å². The molecule has 0 saturated carbocycles. The van der Waals surface area contributed by atoms with Crippen molar-refractivity contribution in [3.05, 3.63) is 72.8 Å². The molecule has 7 heteroatoms. The van der Waals surface area contributed by atoms with E-state index in [1.165, 1.54) is 0 Å². The number of fused-ring (bicyclic) bond motifs is 1. The highest BCUT2D eigenvalue weighted by atomic mass is 16.5. The van der Waals surface area contributed by atoms with Crippen LogP contribution in [0.3, 0.4) is 0 Å². The molecule has 0 spiro atoms. The van der Waals surface area contributed by atoms with Crippen LogP contribution in [0.25, 0.3) is 0 Å². The number of hydrogen-bond acceptors (Lipinski definition) is 5. The molecule has 1 aliphatic heterocycles. The van der Waals surface area contributed by atoms with Crippen molar-refractivity contribution in [2.75, 3.05) is 17.2 Å². The van der Waals surface area contributed by atoms with Gasteiger partial charge in [0.2, 0.25) is 5.91 Å². The summed E-state index contributed by atoms with van der Waals surface area (Å²) >= 11 is 0. The first-order valence-electron chi connectivity index (χ1n) is 9.98. The van der Waals surface area contributed by atoms with Gasteiger partial charge in [0.05, 0.1) is 18.7 Å². The second-order valence-electron chi connectivity index (χ2n) is 6.88. The molecule has 7 nitrogen and oxygen atoms in total. The van der Waals surface area contributed by atoms with Gasteiger partial charge in [-0.2, -0.15) is 0 Å². The fraction of sp³-hybridized carbons (Fsp3) is 0.167. The van der Waals surface area contributed by atoms with Gasteiger partial charge in [-0.15, -0.1) is 0 Å². The third-order valence-electron chi connectivity index (χ3n) is 4.59. The fourth-order valence-electron chi connectivity index (χ4n) is 3.12. The van der Waals surface area contributed by atoms with Crippen LogP contribution in [0.15, 0.2) is 72.8 Å². The molecule has 0 bridgehead atoms. The summed E-state index contributed by atoms with van der Waals surface area (Å²) in [5, 5.41) is 5.53. The third kappa shape index (κ3) is 5.14. The Morgan fingerprint density at radius 3 is 2.32 bits per heavy atom. The van der Waals surface area contributed by atoms with Crippen LogP contribution in [-0.2, 0) is 9.59 Å². The summed E-state index contributed by atoms with van der Waals surface area (Å²) in [4.78, 5) is 24.6. The summed E-state index contributed by atoms with van der Waals surface area (Å²) in [6.07, 6.45) is -0.970. The number of amides is 2. The van der Waals surface area contributed by atoms with Gasteiger partial charge >= 0.3 is 0 Å². The van der Waals surface area contributed by atoms with Crippen LogP contribution in [0.4, 0.5) is 11.4 Å². The average molecular weight is 418 g/mol. The van der Waals surface area contributed by atoms with Gasteiger partial charge in [-0.25, -0.2) is 0 Å². The van der Waals surface area contributed by atoms with Gasteiger partial charge in [0.1, 0.15) is 23.0 Å². The first-order valence-corrected chi connectivity index (χ1v) is 9.98. The van der Waals surface area contributed by atoms with Crippen LogP contribution in [-0.4, -0.2) is 24.5 Å². The van der Waals surface area contributed by atoms with E-state index in [1.807, 2.05) is 37.3 Å². The molecular weight excluding hydrogens is 396 g/mol. The van der Waals surface area contributed by atoms with Crippen molar-refractivity contribution >= 4 is 23.2 Å². The zero-order valence-corrected chi connectivity index (χ0v) is 17.0. The highest BCUT2D eigenvalue weighted by Crippen LogP contribution is 2.30. The normalized spacial score (nSPS) is 14.6. The summed E-state index contributed by atoms with van der Waals surface area (Å²) in [5.74, 6) is 1.99. The predicted octanol–water partition coefficient (Wildman–Crippen LogP) is 4.61. The van der Waals surface area contributed by atoms with E-state index in [4.69, 9.17) is 14.2 Å². The van der Waals surface area contributed by atoms with E-state index in [2.05, 4.69) is 10.6 Å². The van der Waals surface area contributed by atoms with Crippen molar-refractivity contribution < 1.29 is 23.8 Å². The van der Waals surface area contributed by atoms with Gasteiger partial charge in [0, 0.05) is 5.69 Å². The minimum Gasteiger partial charge on any atom is -0.494 e. The third-order valence-corrected chi connectivity index (χ3v) is 4.59. The molecule has 0 aromatic heterocycles. The fourth-order valence-corrected chi connectivity index (χ4v) is 3.12. The van der Waals surface area contributed by atoms with Crippen molar-refractivity contribution in [1.29, 1.82) is 0 Å². The monoisotopic (exact) mass is 418 g/mol. The zero-order chi connectivity index (χ0) is 21.6. The summed E-state index contributed by atoms with van der Waals surface area (Å²) in [6, 6.07) is 21.4. The molecular formula is C24H22N2O5. The van der Waals surface area contributed by atoms with Crippen molar-refractivity contribution in [3.8, 4) is 23.0 Å². The van der Waals surface area contributed by atoms with Crippen LogP contribution in [0.2, 0.25) is 0 Å². The SMILES string of the molecule is CCOc1ccc(Oc2ccc(NC(=O)C[C@H]3Oc4ccccc4NC3=O)cc2)cc1. The van der Waals surface area contributed by atoms with Crippen LogP contribution in [0.5, 0.6) is 23.0 Å².